The number of sulfonamides is 1. The molecule has 1 aromatic rings. The van der Waals surface area contributed by atoms with Gasteiger partial charge in [-0.1, -0.05) is 26.7 Å². The van der Waals surface area contributed by atoms with Crippen LogP contribution in [0.15, 0.2) is 23.1 Å². The lowest BCUT2D eigenvalue weighted by Gasteiger charge is -2.14. The Hall–Kier alpha value is -1.71. The van der Waals surface area contributed by atoms with E-state index in [1.54, 1.807) is 0 Å². The molecule has 21 heavy (non-hydrogen) atoms. The minimum absolute atomic E-state index is 0.198. The van der Waals surface area contributed by atoms with Gasteiger partial charge in [0.05, 0.1) is 10.6 Å². The van der Waals surface area contributed by atoms with Crippen molar-refractivity contribution in [2.75, 3.05) is 12.0 Å². The highest BCUT2D eigenvalue weighted by molar-refractivity contribution is 7.89. The molecule has 0 atom stereocenters. The summed E-state index contributed by atoms with van der Waals surface area (Å²) in [5, 5.41) is 11.0. The van der Waals surface area contributed by atoms with Crippen molar-refractivity contribution < 1.29 is 13.3 Å². The lowest BCUT2D eigenvalue weighted by Crippen LogP contribution is -2.29. The Labute approximate surface area is 123 Å². The van der Waals surface area contributed by atoms with Gasteiger partial charge in [0, 0.05) is 12.6 Å². The van der Waals surface area contributed by atoms with Crippen LogP contribution in [0.4, 0.5) is 11.4 Å². The van der Waals surface area contributed by atoms with Gasteiger partial charge in [-0.05, 0) is 18.1 Å². The summed E-state index contributed by atoms with van der Waals surface area (Å²) in [5.41, 5.74) is 2.00. The van der Waals surface area contributed by atoms with E-state index < -0.39 is 20.6 Å². The first-order valence-corrected chi connectivity index (χ1v) is 8.08. The van der Waals surface area contributed by atoms with Gasteiger partial charge in [0.25, 0.3) is 5.69 Å². The topological polar surface area (TPSA) is 127 Å². The highest BCUT2D eigenvalue weighted by Gasteiger charge is 2.26. The van der Waals surface area contributed by atoms with Crippen LogP contribution in [0.5, 0.6) is 0 Å². The summed E-state index contributed by atoms with van der Waals surface area (Å²) < 4.78 is 26.9. The van der Waals surface area contributed by atoms with Crippen LogP contribution in [-0.2, 0) is 10.0 Å². The molecule has 0 spiro atoms. The molecule has 0 heterocycles. The van der Waals surface area contributed by atoms with E-state index in [4.69, 9.17) is 5.84 Å². The molecule has 0 radical (unpaired) electrons. The molecule has 4 N–H and O–H groups in total. The summed E-state index contributed by atoms with van der Waals surface area (Å²) in [6, 6.07) is 3.63. The summed E-state index contributed by atoms with van der Waals surface area (Å²) in [4.78, 5) is 9.92. The maximum Gasteiger partial charge on any atom is 0.291 e. The number of hydrogen-bond donors (Lipinski definition) is 3. The minimum atomic E-state index is -3.94. The fourth-order valence-electron chi connectivity index (χ4n) is 1.86. The van der Waals surface area contributed by atoms with Crippen LogP contribution in [0.3, 0.4) is 0 Å². The molecule has 0 amide bonds. The molecular weight excluding hydrogens is 296 g/mol. The average Bonchev–Trinajstić information content (AvgIpc) is 2.47. The van der Waals surface area contributed by atoms with Gasteiger partial charge in [-0.2, -0.15) is 0 Å². The molecule has 0 unspecified atom stereocenters. The third-order valence-corrected chi connectivity index (χ3v) is 4.80. The summed E-state index contributed by atoms with van der Waals surface area (Å²) in [6.45, 7) is 4.18. The maximum atomic E-state index is 12.2. The van der Waals surface area contributed by atoms with Crippen molar-refractivity contribution in [3.05, 3.63) is 28.3 Å². The quantitative estimate of drug-likeness (QED) is 0.380. The standard InChI is InChI=1S/C12H20N4O4S/c1-3-9(4-2)8-14-21(19,20)12-6-5-10(15-13)7-11(12)16(17)18/h5-7,9,14-15H,3-4,8,13H2,1-2H3. The van der Waals surface area contributed by atoms with E-state index in [0.717, 1.165) is 18.9 Å². The van der Waals surface area contributed by atoms with E-state index in [1.807, 2.05) is 13.8 Å². The van der Waals surface area contributed by atoms with Crippen LogP contribution in [0.1, 0.15) is 26.7 Å². The number of nitrogen functional groups attached to an aromatic ring is 1. The number of anilines is 1. The number of hydrazine groups is 1. The Morgan fingerprint density at radius 2 is 1.95 bits per heavy atom. The highest BCUT2D eigenvalue weighted by atomic mass is 32.2. The molecule has 0 saturated carbocycles. The normalized spacial score (nSPS) is 11.6. The molecule has 0 aromatic heterocycles. The average molecular weight is 316 g/mol. The van der Waals surface area contributed by atoms with Crippen molar-refractivity contribution in [3.8, 4) is 0 Å². The van der Waals surface area contributed by atoms with Gasteiger partial charge in [0.1, 0.15) is 0 Å². The van der Waals surface area contributed by atoms with E-state index >= 15 is 0 Å². The zero-order valence-electron chi connectivity index (χ0n) is 12.0. The zero-order valence-corrected chi connectivity index (χ0v) is 12.8. The monoisotopic (exact) mass is 316 g/mol. The fraction of sp³-hybridized carbons (Fsp3) is 0.500. The second-order valence-corrected chi connectivity index (χ2v) is 6.35. The van der Waals surface area contributed by atoms with Crippen LogP contribution >= 0.6 is 0 Å². The minimum Gasteiger partial charge on any atom is -0.324 e. The lowest BCUT2D eigenvalue weighted by molar-refractivity contribution is -0.387. The van der Waals surface area contributed by atoms with Gasteiger partial charge >= 0.3 is 0 Å². The molecule has 118 valence electrons. The number of hydrogen-bond acceptors (Lipinski definition) is 6. The van der Waals surface area contributed by atoms with Gasteiger partial charge in [-0.25, -0.2) is 13.1 Å². The first kappa shape index (κ1) is 17.3. The molecule has 1 rings (SSSR count). The molecule has 0 aliphatic carbocycles. The smallest absolute Gasteiger partial charge is 0.291 e. The highest BCUT2D eigenvalue weighted by Crippen LogP contribution is 2.27. The summed E-state index contributed by atoms with van der Waals surface area (Å²) in [7, 11) is -3.94. The van der Waals surface area contributed by atoms with Gasteiger partial charge in [0.2, 0.25) is 10.0 Å². The fourth-order valence-corrected chi connectivity index (χ4v) is 3.13. The number of nitrogens with zero attached hydrogens (tertiary/aromatic N) is 1. The molecule has 0 aliphatic rings. The predicted molar refractivity (Wildman–Crippen MR) is 80.2 cm³/mol. The van der Waals surface area contributed by atoms with E-state index in [1.165, 1.54) is 12.1 Å². The maximum absolute atomic E-state index is 12.2. The molecule has 0 saturated heterocycles. The Morgan fingerprint density at radius 3 is 2.43 bits per heavy atom. The predicted octanol–water partition coefficient (Wildman–Crippen LogP) is 1.59. The van der Waals surface area contributed by atoms with E-state index in [0.29, 0.717) is 0 Å². The molecule has 0 bridgehead atoms. The Morgan fingerprint density at radius 1 is 1.33 bits per heavy atom. The summed E-state index contributed by atoms with van der Waals surface area (Å²) in [6.07, 6.45) is 1.66. The molecule has 0 fully saturated rings. The van der Waals surface area contributed by atoms with E-state index in [2.05, 4.69) is 10.1 Å². The third kappa shape index (κ3) is 4.38. The van der Waals surface area contributed by atoms with Gasteiger partial charge < -0.3 is 5.43 Å². The molecule has 8 nitrogen and oxygen atoms in total. The number of nitrogens with two attached hydrogens (primary N) is 1. The number of nitrogens with one attached hydrogen (secondary N) is 2. The zero-order chi connectivity index (χ0) is 16.0. The van der Waals surface area contributed by atoms with E-state index in [9.17, 15) is 18.5 Å². The number of rotatable bonds is 8. The van der Waals surface area contributed by atoms with Crippen LogP contribution in [-0.4, -0.2) is 19.9 Å². The third-order valence-electron chi connectivity index (χ3n) is 3.33. The van der Waals surface area contributed by atoms with Crippen LogP contribution in [0, 0.1) is 16.0 Å². The summed E-state index contributed by atoms with van der Waals surface area (Å²) in [5.74, 6) is 5.37. The lowest BCUT2D eigenvalue weighted by atomic mass is 10.0. The number of nitro groups is 1. The second kappa shape index (κ2) is 7.34. The molecule has 1 aromatic carbocycles. The molecule has 0 aliphatic heterocycles. The van der Waals surface area contributed by atoms with Gasteiger partial charge in [-0.3, -0.25) is 16.0 Å². The SMILES string of the molecule is CCC(CC)CNS(=O)(=O)c1ccc(NN)cc1[N+](=O)[O-]. The van der Waals surface area contributed by atoms with E-state index in [-0.39, 0.29) is 23.0 Å². The van der Waals surface area contributed by atoms with Crippen LogP contribution in [0.25, 0.3) is 0 Å². The summed E-state index contributed by atoms with van der Waals surface area (Å²) >= 11 is 0. The Balaban J connectivity index is 3.10. The molecular formula is C12H20N4O4S. The van der Waals surface area contributed by atoms with Crippen molar-refractivity contribution in [2.24, 2.45) is 11.8 Å². The Kier molecular flexibility index (Phi) is 6.06. The van der Waals surface area contributed by atoms with Gasteiger partial charge in [-0.15, -0.1) is 0 Å². The van der Waals surface area contributed by atoms with Crippen LogP contribution < -0.4 is 16.0 Å². The molecule has 9 heteroatoms. The van der Waals surface area contributed by atoms with Crippen molar-refractivity contribution in [1.82, 2.24) is 4.72 Å². The van der Waals surface area contributed by atoms with Crippen LogP contribution in [0.2, 0.25) is 0 Å². The van der Waals surface area contributed by atoms with Gasteiger partial charge in [0.15, 0.2) is 4.90 Å². The Bertz CT molecular complexity index is 599. The van der Waals surface area contributed by atoms with Crippen molar-refractivity contribution in [3.63, 3.8) is 0 Å². The first-order chi connectivity index (χ1) is 9.85. The van der Waals surface area contributed by atoms with Crippen molar-refractivity contribution in [1.29, 1.82) is 0 Å². The largest absolute Gasteiger partial charge is 0.324 e. The van der Waals surface area contributed by atoms with Crippen molar-refractivity contribution in [2.45, 2.75) is 31.6 Å². The second-order valence-electron chi connectivity index (χ2n) is 4.62. The first-order valence-electron chi connectivity index (χ1n) is 6.60. The number of benzene rings is 1. The van der Waals surface area contributed by atoms with Crippen molar-refractivity contribution >= 4 is 21.4 Å². The number of nitro benzene ring substituents is 1.